The molecule has 3 rings (SSSR count). The standard InChI is InChI=1S/C25H23Br2N3O6/c1-4-34-25(32)21-13(2)36-24(29)17(11-28)22(21)14-9-18(27)23(19(10-14)33-3)35-12-20(31)30-16-7-5-15(26)6-8-16/h5-10,22H,4,12,29H2,1-3H3,(H,30,31). The number of nitrogens with two attached hydrogens (primary N) is 1. The molecule has 11 heteroatoms. The maximum atomic E-state index is 12.8. The molecule has 3 N–H and O–H groups in total. The summed E-state index contributed by atoms with van der Waals surface area (Å²) in [5.41, 5.74) is 7.31. The first-order valence-electron chi connectivity index (χ1n) is 10.7. The Morgan fingerprint density at radius 3 is 2.53 bits per heavy atom. The molecule has 188 valence electrons. The van der Waals surface area contributed by atoms with Crippen LogP contribution < -0.4 is 20.5 Å². The van der Waals surface area contributed by atoms with Crippen LogP contribution in [0.4, 0.5) is 5.69 Å². The summed E-state index contributed by atoms with van der Waals surface area (Å²) in [6.45, 7) is 3.12. The maximum Gasteiger partial charge on any atom is 0.338 e. The highest BCUT2D eigenvalue weighted by atomic mass is 79.9. The number of nitrogens with one attached hydrogen (secondary N) is 1. The molecule has 0 radical (unpaired) electrons. The number of methoxy groups -OCH3 is 1. The van der Waals surface area contributed by atoms with Crippen LogP contribution in [0.25, 0.3) is 0 Å². The Bertz CT molecular complexity index is 1280. The van der Waals surface area contributed by atoms with E-state index in [0.29, 0.717) is 15.7 Å². The second-order valence-corrected chi connectivity index (χ2v) is 9.26. The monoisotopic (exact) mass is 619 g/mol. The lowest BCUT2D eigenvalue weighted by atomic mass is 9.83. The van der Waals surface area contributed by atoms with Gasteiger partial charge >= 0.3 is 5.97 Å². The van der Waals surface area contributed by atoms with E-state index in [2.05, 4.69) is 37.2 Å². The molecule has 1 unspecified atom stereocenters. The number of nitrogens with zero attached hydrogens (tertiary/aromatic N) is 1. The van der Waals surface area contributed by atoms with Gasteiger partial charge in [0.05, 0.1) is 29.7 Å². The third-order valence-electron chi connectivity index (χ3n) is 5.16. The number of hydrogen-bond acceptors (Lipinski definition) is 8. The number of anilines is 1. The number of carbonyl (C=O) groups is 2. The first kappa shape index (κ1) is 27.1. The minimum atomic E-state index is -0.859. The molecular formula is C25H23Br2N3O6. The number of carbonyl (C=O) groups excluding carboxylic acids is 2. The molecule has 2 aromatic rings. The Balaban J connectivity index is 1.92. The fourth-order valence-electron chi connectivity index (χ4n) is 3.60. The molecule has 1 aliphatic rings. The zero-order chi connectivity index (χ0) is 26.4. The maximum absolute atomic E-state index is 12.8. The van der Waals surface area contributed by atoms with Crippen LogP contribution in [0.2, 0.25) is 0 Å². The van der Waals surface area contributed by atoms with Crippen molar-refractivity contribution >= 4 is 49.4 Å². The van der Waals surface area contributed by atoms with Crippen molar-refractivity contribution in [1.29, 1.82) is 5.26 Å². The van der Waals surface area contributed by atoms with Crippen molar-refractivity contribution in [3.63, 3.8) is 0 Å². The van der Waals surface area contributed by atoms with Gasteiger partial charge in [0, 0.05) is 10.2 Å². The minimum Gasteiger partial charge on any atom is -0.493 e. The highest BCUT2D eigenvalue weighted by Gasteiger charge is 2.37. The molecule has 36 heavy (non-hydrogen) atoms. The number of amides is 1. The number of nitriles is 1. The van der Waals surface area contributed by atoms with Gasteiger partial charge in [-0.25, -0.2) is 4.79 Å². The van der Waals surface area contributed by atoms with E-state index < -0.39 is 11.9 Å². The normalized spacial score (nSPS) is 15.1. The highest BCUT2D eigenvalue weighted by Crippen LogP contribution is 2.45. The third kappa shape index (κ3) is 6.01. The van der Waals surface area contributed by atoms with Gasteiger partial charge in [0.1, 0.15) is 17.4 Å². The molecule has 1 aliphatic heterocycles. The predicted octanol–water partition coefficient (Wildman–Crippen LogP) is 4.88. The lowest BCUT2D eigenvalue weighted by Gasteiger charge is -2.27. The number of hydrogen-bond donors (Lipinski definition) is 2. The molecule has 0 fully saturated rings. The van der Waals surface area contributed by atoms with Crippen molar-refractivity contribution in [3.05, 3.63) is 73.7 Å². The van der Waals surface area contributed by atoms with Gasteiger partial charge in [-0.2, -0.15) is 5.26 Å². The Hall–Kier alpha value is -3.49. The Kier molecular flexibility index (Phi) is 9.01. The lowest BCUT2D eigenvalue weighted by molar-refractivity contribution is -0.139. The van der Waals surface area contributed by atoms with E-state index in [-0.39, 0.29) is 53.4 Å². The molecule has 0 bridgehead atoms. The molecule has 0 spiro atoms. The smallest absolute Gasteiger partial charge is 0.338 e. The molecular weight excluding hydrogens is 598 g/mol. The highest BCUT2D eigenvalue weighted by molar-refractivity contribution is 9.10. The van der Waals surface area contributed by atoms with Gasteiger partial charge in [-0.05, 0) is 71.7 Å². The van der Waals surface area contributed by atoms with E-state index in [1.807, 2.05) is 18.2 Å². The van der Waals surface area contributed by atoms with Crippen molar-refractivity contribution in [3.8, 4) is 17.6 Å². The Morgan fingerprint density at radius 2 is 1.92 bits per heavy atom. The third-order valence-corrected chi connectivity index (χ3v) is 6.28. The number of halogens is 2. The second kappa shape index (κ2) is 12.0. The SMILES string of the molecule is CCOC(=O)C1=C(C)OC(N)=C(C#N)C1c1cc(Br)c(OCC(=O)Nc2ccc(Br)cc2)c(OC)c1. The number of rotatable bonds is 8. The van der Waals surface area contributed by atoms with Crippen molar-refractivity contribution in [2.45, 2.75) is 19.8 Å². The van der Waals surface area contributed by atoms with Crippen molar-refractivity contribution < 1.29 is 28.5 Å². The fraction of sp³-hybridized carbons (Fsp3) is 0.240. The largest absolute Gasteiger partial charge is 0.493 e. The topological polar surface area (TPSA) is 133 Å². The summed E-state index contributed by atoms with van der Waals surface area (Å²) in [7, 11) is 1.44. The van der Waals surface area contributed by atoms with Gasteiger partial charge < -0.3 is 30.0 Å². The Morgan fingerprint density at radius 1 is 1.22 bits per heavy atom. The molecule has 2 aromatic carbocycles. The summed E-state index contributed by atoms with van der Waals surface area (Å²) in [5, 5.41) is 12.5. The van der Waals surface area contributed by atoms with Gasteiger partial charge in [0.25, 0.3) is 5.91 Å². The average molecular weight is 621 g/mol. The van der Waals surface area contributed by atoms with E-state index in [4.69, 9.17) is 24.7 Å². The average Bonchev–Trinajstić information content (AvgIpc) is 2.83. The number of esters is 1. The van der Waals surface area contributed by atoms with Crippen LogP contribution in [-0.4, -0.2) is 32.2 Å². The molecule has 1 amide bonds. The summed E-state index contributed by atoms with van der Waals surface area (Å²) in [6.07, 6.45) is 0. The van der Waals surface area contributed by atoms with Crippen LogP contribution in [0.1, 0.15) is 25.3 Å². The molecule has 0 saturated carbocycles. The van der Waals surface area contributed by atoms with Crippen LogP contribution >= 0.6 is 31.9 Å². The zero-order valence-electron chi connectivity index (χ0n) is 19.7. The van der Waals surface area contributed by atoms with E-state index in [1.54, 1.807) is 38.1 Å². The van der Waals surface area contributed by atoms with Crippen LogP contribution in [0, 0.1) is 11.3 Å². The van der Waals surface area contributed by atoms with Crippen LogP contribution in [0.15, 0.2) is 68.1 Å². The molecule has 0 aliphatic carbocycles. The lowest BCUT2D eigenvalue weighted by Crippen LogP contribution is -2.25. The second-order valence-electron chi connectivity index (χ2n) is 7.49. The van der Waals surface area contributed by atoms with Gasteiger partial charge in [-0.1, -0.05) is 15.9 Å². The summed E-state index contributed by atoms with van der Waals surface area (Å²) in [4.78, 5) is 25.2. The fourth-order valence-corrected chi connectivity index (χ4v) is 4.44. The van der Waals surface area contributed by atoms with Gasteiger partial charge in [-0.3, -0.25) is 4.79 Å². The van der Waals surface area contributed by atoms with Crippen LogP contribution in [0.3, 0.4) is 0 Å². The number of benzene rings is 2. The van der Waals surface area contributed by atoms with E-state index in [0.717, 1.165) is 4.47 Å². The van der Waals surface area contributed by atoms with Crippen LogP contribution in [0.5, 0.6) is 11.5 Å². The minimum absolute atomic E-state index is 0.0557. The molecule has 1 atom stereocenters. The summed E-state index contributed by atoms with van der Waals surface area (Å²) in [6, 6.07) is 12.4. The van der Waals surface area contributed by atoms with Crippen LogP contribution in [-0.2, 0) is 19.1 Å². The quantitative estimate of drug-likeness (QED) is 0.399. The number of allylic oxidation sites excluding steroid dienone is 2. The zero-order valence-corrected chi connectivity index (χ0v) is 22.9. The summed E-state index contributed by atoms with van der Waals surface area (Å²) in [5.74, 6) is -1.18. The van der Waals surface area contributed by atoms with Gasteiger partial charge in [-0.15, -0.1) is 0 Å². The molecule has 1 heterocycles. The molecule has 9 nitrogen and oxygen atoms in total. The van der Waals surface area contributed by atoms with E-state index in [9.17, 15) is 14.9 Å². The Labute approximate surface area is 225 Å². The predicted molar refractivity (Wildman–Crippen MR) is 139 cm³/mol. The van der Waals surface area contributed by atoms with E-state index in [1.165, 1.54) is 7.11 Å². The van der Waals surface area contributed by atoms with Gasteiger partial charge in [0.2, 0.25) is 5.88 Å². The molecule has 0 aromatic heterocycles. The number of ether oxygens (including phenoxy) is 4. The van der Waals surface area contributed by atoms with Crippen molar-refractivity contribution in [2.75, 3.05) is 25.6 Å². The van der Waals surface area contributed by atoms with Crippen molar-refractivity contribution in [2.24, 2.45) is 5.73 Å². The summed E-state index contributed by atoms with van der Waals surface area (Å²) < 4.78 is 23.2. The first-order valence-corrected chi connectivity index (χ1v) is 12.3. The first-order chi connectivity index (χ1) is 17.2. The van der Waals surface area contributed by atoms with E-state index >= 15 is 0 Å². The summed E-state index contributed by atoms with van der Waals surface area (Å²) >= 11 is 6.80. The molecule has 0 saturated heterocycles. The van der Waals surface area contributed by atoms with Gasteiger partial charge in [0.15, 0.2) is 18.1 Å². The van der Waals surface area contributed by atoms with Crippen molar-refractivity contribution in [1.82, 2.24) is 0 Å².